The van der Waals surface area contributed by atoms with Gasteiger partial charge in [-0.15, -0.1) is 10.2 Å². The summed E-state index contributed by atoms with van der Waals surface area (Å²) in [5.74, 6) is 1.49. The minimum absolute atomic E-state index is 0.0926. The number of carbonyl (C=O) groups excluding carboxylic acids is 1. The van der Waals surface area contributed by atoms with Crippen molar-refractivity contribution in [3.63, 3.8) is 0 Å². The van der Waals surface area contributed by atoms with Gasteiger partial charge in [0.1, 0.15) is 0 Å². The molecule has 0 spiro atoms. The molecule has 2 aliphatic heterocycles. The van der Waals surface area contributed by atoms with Crippen LogP contribution in [0.4, 0.5) is 17.3 Å². The highest BCUT2D eigenvalue weighted by Gasteiger charge is 2.25. The summed E-state index contributed by atoms with van der Waals surface area (Å²) in [5.41, 5.74) is 0.146. The molecule has 0 atom stereocenters. The average Bonchev–Trinajstić information content (AvgIpc) is 3.28. The highest BCUT2D eigenvalue weighted by molar-refractivity contribution is 6.34. The van der Waals surface area contributed by atoms with Crippen LogP contribution in [0.2, 0.25) is 5.02 Å². The van der Waals surface area contributed by atoms with Crippen LogP contribution in [-0.4, -0.2) is 65.2 Å². The zero-order valence-electron chi connectivity index (χ0n) is 15.8. The summed E-state index contributed by atoms with van der Waals surface area (Å²) in [6, 6.07) is 7.90. The number of amides is 1. The number of aromatic nitrogens is 2. The van der Waals surface area contributed by atoms with Gasteiger partial charge in [0.15, 0.2) is 11.6 Å². The van der Waals surface area contributed by atoms with Crippen molar-refractivity contribution in [1.29, 1.82) is 0 Å². The van der Waals surface area contributed by atoms with Crippen LogP contribution in [0.25, 0.3) is 0 Å². The van der Waals surface area contributed by atoms with Crippen molar-refractivity contribution in [2.24, 2.45) is 0 Å². The Labute approximate surface area is 173 Å². The lowest BCUT2D eigenvalue weighted by Gasteiger charge is -2.35. The molecule has 1 amide bonds. The predicted octanol–water partition coefficient (Wildman–Crippen LogP) is 2.60. The van der Waals surface area contributed by atoms with Gasteiger partial charge in [-0.1, -0.05) is 11.6 Å². The fraction of sp³-hybridized carbons (Fsp3) is 0.421. The van der Waals surface area contributed by atoms with Crippen LogP contribution >= 0.6 is 11.6 Å². The van der Waals surface area contributed by atoms with Crippen LogP contribution in [-0.2, 0) is 0 Å². The Balaban J connectivity index is 1.37. The van der Waals surface area contributed by atoms with Crippen LogP contribution in [0.15, 0.2) is 30.3 Å². The first kappa shape index (κ1) is 19.4. The second-order valence-electron chi connectivity index (χ2n) is 7.14. The zero-order valence-corrected chi connectivity index (χ0v) is 16.6. The molecular formula is C19H21ClN6O3. The van der Waals surface area contributed by atoms with Gasteiger partial charge in [0.05, 0.1) is 15.5 Å². The number of nitro groups is 1. The van der Waals surface area contributed by atoms with Crippen LogP contribution in [0.3, 0.4) is 0 Å². The van der Waals surface area contributed by atoms with E-state index in [0.29, 0.717) is 26.2 Å². The number of piperazine rings is 1. The molecule has 1 aromatic heterocycles. The third-order valence-electron chi connectivity index (χ3n) is 5.35. The second kappa shape index (κ2) is 8.20. The minimum atomic E-state index is -0.533. The molecule has 2 aromatic rings. The lowest BCUT2D eigenvalue weighted by molar-refractivity contribution is -0.384. The Morgan fingerprint density at radius 1 is 0.931 bits per heavy atom. The Morgan fingerprint density at radius 2 is 1.52 bits per heavy atom. The first-order valence-electron chi connectivity index (χ1n) is 9.60. The van der Waals surface area contributed by atoms with E-state index >= 15 is 0 Å². The number of hydrogen-bond acceptors (Lipinski definition) is 7. The van der Waals surface area contributed by atoms with Gasteiger partial charge in [-0.3, -0.25) is 14.9 Å². The number of nitrogens with zero attached hydrogens (tertiary/aromatic N) is 6. The lowest BCUT2D eigenvalue weighted by atomic mass is 10.1. The van der Waals surface area contributed by atoms with Crippen LogP contribution in [0.1, 0.15) is 23.2 Å². The average molecular weight is 417 g/mol. The molecule has 3 heterocycles. The fourth-order valence-corrected chi connectivity index (χ4v) is 3.96. The van der Waals surface area contributed by atoms with Crippen LogP contribution < -0.4 is 9.80 Å². The summed E-state index contributed by atoms with van der Waals surface area (Å²) >= 11 is 6.10. The van der Waals surface area contributed by atoms with Crippen molar-refractivity contribution in [3.05, 3.63) is 51.0 Å². The van der Waals surface area contributed by atoms with Crippen LogP contribution in [0.5, 0.6) is 0 Å². The number of benzene rings is 1. The van der Waals surface area contributed by atoms with Gasteiger partial charge in [0, 0.05) is 51.4 Å². The first-order valence-corrected chi connectivity index (χ1v) is 9.97. The maximum absolute atomic E-state index is 12.8. The molecule has 0 saturated carbocycles. The lowest BCUT2D eigenvalue weighted by Crippen LogP contribution is -2.49. The maximum atomic E-state index is 12.8. The van der Waals surface area contributed by atoms with Crippen molar-refractivity contribution in [3.8, 4) is 0 Å². The topological polar surface area (TPSA) is 95.7 Å². The van der Waals surface area contributed by atoms with Gasteiger partial charge in [-0.2, -0.15) is 0 Å². The van der Waals surface area contributed by atoms with Crippen molar-refractivity contribution in [2.45, 2.75) is 12.8 Å². The molecule has 4 rings (SSSR count). The number of nitro benzene ring substituents is 1. The molecule has 0 N–H and O–H groups in total. The molecule has 2 saturated heterocycles. The number of non-ortho nitro benzene ring substituents is 1. The summed E-state index contributed by atoms with van der Waals surface area (Å²) in [4.78, 5) is 29.1. The Hall–Kier alpha value is -2.94. The highest BCUT2D eigenvalue weighted by Crippen LogP contribution is 2.25. The predicted molar refractivity (Wildman–Crippen MR) is 110 cm³/mol. The van der Waals surface area contributed by atoms with Crippen molar-refractivity contribution >= 4 is 34.8 Å². The monoisotopic (exact) mass is 416 g/mol. The smallest absolute Gasteiger partial charge is 0.270 e. The molecule has 1 aromatic carbocycles. The summed E-state index contributed by atoms with van der Waals surface area (Å²) in [5, 5.41) is 19.6. The van der Waals surface area contributed by atoms with E-state index in [-0.39, 0.29) is 22.2 Å². The summed E-state index contributed by atoms with van der Waals surface area (Å²) in [6.07, 6.45) is 2.39. The Bertz CT molecular complexity index is 909. The SMILES string of the molecule is O=C(c1ccc([N+](=O)[O-])cc1Cl)N1CCN(c2ccc(N3CCCC3)nn2)CC1. The number of carbonyl (C=O) groups is 1. The van der Waals surface area contributed by atoms with E-state index in [2.05, 4.69) is 20.0 Å². The van der Waals surface area contributed by atoms with Gasteiger partial charge in [-0.25, -0.2) is 0 Å². The molecule has 9 nitrogen and oxygen atoms in total. The molecule has 29 heavy (non-hydrogen) atoms. The van der Waals surface area contributed by atoms with E-state index in [9.17, 15) is 14.9 Å². The van der Waals surface area contributed by atoms with E-state index < -0.39 is 4.92 Å². The normalized spacial score (nSPS) is 16.9. The van der Waals surface area contributed by atoms with Crippen LogP contribution in [0, 0.1) is 10.1 Å². The fourth-order valence-electron chi connectivity index (χ4n) is 3.70. The van der Waals surface area contributed by atoms with Gasteiger partial charge in [0.25, 0.3) is 11.6 Å². The second-order valence-corrected chi connectivity index (χ2v) is 7.55. The van der Waals surface area contributed by atoms with E-state index in [0.717, 1.165) is 24.7 Å². The van der Waals surface area contributed by atoms with Gasteiger partial charge in [0.2, 0.25) is 0 Å². The van der Waals surface area contributed by atoms with Gasteiger partial charge in [-0.05, 0) is 31.0 Å². The summed E-state index contributed by atoms with van der Waals surface area (Å²) in [6.45, 7) is 4.35. The number of hydrogen-bond donors (Lipinski definition) is 0. The molecule has 2 fully saturated rings. The largest absolute Gasteiger partial charge is 0.355 e. The quantitative estimate of drug-likeness (QED) is 0.558. The third-order valence-corrected chi connectivity index (χ3v) is 5.66. The van der Waals surface area contributed by atoms with E-state index in [4.69, 9.17) is 11.6 Å². The number of anilines is 2. The minimum Gasteiger partial charge on any atom is -0.355 e. The molecule has 0 radical (unpaired) electrons. The van der Waals surface area contributed by atoms with Crippen molar-refractivity contribution in [2.75, 3.05) is 49.1 Å². The molecule has 10 heteroatoms. The molecule has 0 aliphatic carbocycles. The molecule has 2 aliphatic rings. The Kier molecular flexibility index (Phi) is 5.48. The standard InChI is InChI=1S/C19H21ClN6O3/c20-16-13-14(26(28)29)3-4-15(16)19(27)25-11-9-24(10-12-25)18-6-5-17(21-22-18)23-7-1-2-8-23/h3-6,13H,1-2,7-12H2. The molecule has 0 bridgehead atoms. The molecular weight excluding hydrogens is 396 g/mol. The van der Waals surface area contributed by atoms with Gasteiger partial charge >= 0.3 is 0 Å². The van der Waals surface area contributed by atoms with E-state index in [1.807, 2.05) is 12.1 Å². The van der Waals surface area contributed by atoms with Crippen molar-refractivity contribution < 1.29 is 9.72 Å². The summed E-state index contributed by atoms with van der Waals surface area (Å²) in [7, 11) is 0. The molecule has 152 valence electrons. The Morgan fingerprint density at radius 3 is 2.03 bits per heavy atom. The molecule has 0 unspecified atom stereocenters. The van der Waals surface area contributed by atoms with E-state index in [1.54, 1.807) is 4.90 Å². The number of rotatable bonds is 4. The first-order chi connectivity index (χ1) is 14.0. The zero-order chi connectivity index (χ0) is 20.4. The van der Waals surface area contributed by atoms with Gasteiger partial charge < -0.3 is 14.7 Å². The third kappa shape index (κ3) is 4.09. The summed E-state index contributed by atoms with van der Waals surface area (Å²) < 4.78 is 0. The van der Waals surface area contributed by atoms with Crippen molar-refractivity contribution in [1.82, 2.24) is 15.1 Å². The maximum Gasteiger partial charge on any atom is 0.270 e. The highest BCUT2D eigenvalue weighted by atomic mass is 35.5. The number of halogens is 1. The van der Waals surface area contributed by atoms with E-state index in [1.165, 1.54) is 31.0 Å².